The SMILES string of the molecule is C1=[N+](c2[c-]c(Oc3[c-]c4c(cc3)c3ccccc3n4-c3ccccn3)ccc2)c2ccc3sc4ccccc4c3c2[N+]=1c1c(-c2ccccc2)cccc1-c1ccccc1.[Pt+2]. The maximum Gasteiger partial charge on any atom is 2.00 e. The van der Waals surface area contributed by atoms with Crippen LogP contribution in [0.2, 0.25) is 0 Å². The average molecular weight is 980 g/mol. The van der Waals surface area contributed by atoms with Crippen molar-refractivity contribution in [1.29, 1.82) is 0 Å². The summed E-state index contributed by atoms with van der Waals surface area (Å²) in [5.41, 5.74) is 10.4. The number of hydrogen-bond donors (Lipinski definition) is 0. The van der Waals surface area contributed by atoms with Crippen LogP contribution in [0.5, 0.6) is 11.5 Å². The van der Waals surface area contributed by atoms with Crippen LogP contribution in [0.25, 0.3) is 70.0 Å². The second-order valence-corrected chi connectivity index (χ2v) is 15.8. The third kappa shape index (κ3) is 6.15. The molecule has 0 fully saturated rings. The third-order valence-electron chi connectivity index (χ3n) is 11.2. The van der Waals surface area contributed by atoms with Gasteiger partial charge in [-0.2, -0.15) is 12.1 Å². The molecule has 5 nitrogen and oxygen atoms in total. The number of aromatic nitrogens is 2. The van der Waals surface area contributed by atoms with E-state index in [1.165, 1.54) is 20.2 Å². The molecule has 8 aromatic carbocycles. The molecule has 0 amide bonds. The minimum absolute atomic E-state index is 0. The molecule has 4 heterocycles. The Bertz CT molecular complexity index is 3500. The van der Waals surface area contributed by atoms with E-state index in [1.807, 2.05) is 53.9 Å². The van der Waals surface area contributed by atoms with Crippen LogP contribution in [-0.2, 0) is 21.1 Å². The first kappa shape index (κ1) is 36.8. The first-order valence-corrected chi connectivity index (χ1v) is 20.7. The van der Waals surface area contributed by atoms with Crippen molar-refractivity contribution in [2.24, 2.45) is 0 Å². The van der Waals surface area contributed by atoms with E-state index in [4.69, 9.17) is 9.72 Å². The molecule has 0 saturated heterocycles. The van der Waals surface area contributed by atoms with Crippen LogP contribution in [0.4, 0.5) is 22.7 Å². The van der Waals surface area contributed by atoms with E-state index in [1.54, 1.807) is 0 Å². The number of para-hydroxylation sites is 2. The molecular formula is C54H32N4OPtS+2. The van der Waals surface area contributed by atoms with Crippen LogP contribution in [0, 0.1) is 12.1 Å². The van der Waals surface area contributed by atoms with Crippen molar-refractivity contribution in [3.63, 3.8) is 0 Å². The Morgan fingerprint density at radius 2 is 1.21 bits per heavy atom. The molecule has 0 saturated carbocycles. The van der Waals surface area contributed by atoms with Gasteiger partial charge in [0.05, 0.1) is 16.5 Å². The summed E-state index contributed by atoms with van der Waals surface area (Å²) in [6, 6.07) is 76.5. The first-order chi connectivity index (χ1) is 29.8. The van der Waals surface area contributed by atoms with Gasteiger partial charge in [-0.1, -0.05) is 131 Å². The number of pyridine rings is 1. The Kier molecular flexibility index (Phi) is 9.13. The zero-order chi connectivity index (χ0) is 39.6. The van der Waals surface area contributed by atoms with Crippen molar-refractivity contribution in [2.75, 3.05) is 0 Å². The van der Waals surface area contributed by atoms with E-state index < -0.39 is 0 Å². The van der Waals surface area contributed by atoms with Crippen molar-refractivity contribution in [1.82, 2.24) is 18.7 Å². The fourth-order valence-corrected chi connectivity index (χ4v) is 9.74. The quantitative estimate of drug-likeness (QED) is 0.118. The Morgan fingerprint density at radius 3 is 1.98 bits per heavy atom. The van der Waals surface area contributed by atoms with Gasteiger partial charge in [0.1, 0.15) is 11.5 Å². The zero-order valence-corrected chi connectivity index (χ0v) is 35.5. The Hall–Kier alpha value is -7.20. The predicted molar refractivity (Wildman–Crippen MR) is 247 cm³/mol. The molecule has 288 valence electrons. The molecular weight excluding hydrogens is 948 g/mol. The number of fused-ring (bicyclic) bond motifs is 8. The predicted octanol–water partition coefficient (Wildman–Crippen LogP) is 14.1. The van der Waals surface area contributed by atoms with Crippen LogP contribution in [-0.4, -0.2) is 15.6 Å². The molecule has 1 aliphatic heterocycles. The van der Waals surface area contributed by atoms with E-state index in [0.29, 0.717) is 11.5 Å². The van der Waals surface area contributed by atoms with Crippen LogP contribution in [0.1, 0.15) is 0 Å². The number of rotatable bonds is 7. The standard InChI is InChI=1S/C54H32N4OS.Pt/c1-3-15-36(16-4-1)41-23-14-24-42(37-17-5-2-6-18-37)53(41)57-35-56(47-30-31-50-52(54(47)57)45-22-8-10-26-49(45)60-50)38-19-13-20-39(33-38)59-40-28-29-44-43-21-7-9-25-46(43)58(48(44)34-40)51-27-11-12-32-55-51;/h1-32H;/q;+2. The van der Waals surface area contributed by atoms with Gasteiger partial charge in [0.15, 0.2) is 0 Å². The summed E-state index contributed by atoms with van der Waals surface area (Å²) < 4.78 is 15.6. The smallest absolute Gasteiger partial charge is 0.509 e. The number of ether oxygens (including phenoxy) is 1. The fourth-order valence-electron chi connectivity index (χ4n) is 8.63. The van der Waals surface area contributed by atoms with E-state index in [2.05, 4.69) is 184 Å². The van der Waals surface area contributed by atoms with Gasteiger partial charge in [0.2, 0.25) is 5.69 Å². The van der Waals surface area contributed by atoms with E-state index in [-0.39, 0.29) is 21.1 Å². The summed E-state index contributed by atoms with van der Waals surface area (Å²) in [4.78, 5) is 4.69. The average Bonchev–Trinajstić information content (AvgIpc) is 3.99. The molecule has 0 spiro atoms. The Labute approximate surface area is 370 Å². The molecule has 3 aromatic heterocycles. The summed E-state index contributed by atoms with van der Waals surface area (Å²) in [5, 5.41) is 4.63. The van der Waals surface area contributed by atoms with Gasteiger partial charge in [-0.15, -0.1) is 34.9 Å². The third-order valence-corrected chi connectivity index (χ3v) is 12.4. The monoisotopic (exact) mass is 979 g/mol. The summed E-state index contributed by atoms with van der Waals surface area (Å²) >= 11 is 1.82. The largest absolute Gasteiger partial charge is 2.00 e. The Morgan fingerprint density at radius 1 is 0.525 bits per heavy atom. The second kappa shape index (κ2) is 15.1. The van der Waals surface area contributed by atoms with E-state index in [0.717, 1.165) is 72.6 Å². The van der Waals surface area contributed by atoms with E-state index in [9.17, 15) is 0 Å². The molecule has 61 heavy (non-hydrogen) atoms. The molecule has 0 aliphatic carbocycles. The molecule has 0 N–H and O–H groups in total. The summed E-state index contributed by atoms with van der Waals surface area (Å²) in [6.07, 6.45) is 1.82. The molecule has 1 aliphatic rings. The van der Waals surface area contributed by atoms with Gasteiger partial charge in [-0.25, -0.2) is 4.98 Å². The molecule has 7 heteroatoms. The van der Waals surface area contributed by atoms with Gasteiger partial charge in [-0.05, 0) is 63.6 Å². The maximum absolute atomic E-state index is 6.63. The second-order valence-electron chi connectivity index (χ2n) is 14.7. The number of hydrogen-bond acceptors (Lipinski definition) is 3. The van der Waals surface area contributed by atoms with Crippen LogP contribution in [0.3, 0.4) is 0 Å². The van der Waals surface area contributed by atoms with Crippen molar-refractivity contribution in [3.05, 3.63) is 206 Å². The van der Waals surface area contributed by atoms with Crippen molar-refractivity contribution < 1.29 is 25.8 Å². The maximum atomic E-state index is 6.63. The zero-order valence-electron chi connectivity index (χ0n) is 32.4. The first-order valence-electron chi connectivity index (χ1n) is 19.9. The van der Waals surface area contributed by atoms with Crippen molar-refractivity contribution >= 4 is 82.1 Å². The van der Waals surface area contributed by atoms with Crippen LogP contribution >= 0.6 is 11.3 Å². The Balaban J connectivity index is 0.00000420. The van der Waals surface area contributed by atoms with Gasteiger partial charge < -0.3 is 9.30 Å². The number of nitrogens with zero attached hydrogens (tertiary/aromatic N) is 4. The molecule has 0 radical (unpaired) electrons. The number of thiophene rings is 1. The molecule has 0 bridgehead atoms. The topological polar surface area (TPSA) is 33.1 Å². The minimum atomic E-state index is 0. The molecule has 0 atom stereocenters. The number of benzene rings is 8. The minimum Gasteiger partial charge on any atom is -0.509 e. The van der Waals surface area contributed by atoms with Crippen molar-refractivity contribution in [3.8, 4) is 39.6 Å². The summed E-state index contributed by atoms with van der Waals surface area (Å²) in [5.74, 6) is 1.98. The normalized spacial score (nSPS) is 12.1. The van der Waals surface area contributed by atoms with Gasteiger partial charge in [0, 0.05) is 44.1 Å². The van der Waals surface area contributed by atoms with Gasteiger partial charge in [-0.3, -0.25) is 0 Å². The van der Waals surface area contributed by atoms with Gasteiger partial charge in [0.25, 0.3) is 5.69 Å². The summed E-state index contributed by atoms with van der Waals surface area (Å²) in [6.45, 7) is 0. The van der Waals surface area contributed by atoms with Crippen LogP contribution < -0.4 is 13.9 Å². The molecule has 0 unspecified atom stereocenters. The van der Waals surface area contributed by atoms with Crippen LogP contribution in [0.15, 0.2) is 194 Å². The molecule has 12 rings (SSSR count). The van der Waals surface area contributed by atoms with E-state index >= 15 is 0 Å². The summed E-state index contributed by atoms with van der Waals surface area (Å²) in [7, 11) is 0. The van der Waals surface area contributed by atoms with Gasteiger partial charge >= 0.3 is 32.8 Å². The fraction of sp³-hybridized carbons (Fsp3) is 0. The molecule has 11 aromatic rings. The van der Waals surface area contributed by atoms with Crippen molar-refractivity contribution in [2.45, 2.75) is 0 Å².